The second kappa shape index (κ2) is 5.05. The molecular weight excluding hydrogens is 261 g/mol. The molecular formula is C15H20FNO3. The molecule has 0 saturated carbocycles. The number of β-amino-alcohol motifs (C(OH)–C–C–N with tert-alkyl or cyclic N) is 1. The number of likely N-dealkylation sites (tertiary alicyclic amines) is 1. The lowest BCUT2D eigenvalue weighted by molar-refractivity contribution is 0.0129. The molecule has 0 aromatic heterocycles. The van der Waals surface area contributed by atoms with E-state index in [2.05, 4.69) is 0 Å². The summed E-state index contributed by atoms with van der Waals surface area (Å²) < 4.78 is 19.1. The summed E-state index contributed by atoms with van der Waals surface area (Å²) in [7, 11) is 0. The second-order valence-corrected chi connectivity index (χ2v) is 6.16. The standard InChI is InChI=1S/C15H20FNO3/c1-14(2,3)20-13(18)17-9-8-15(19,10-17)11-6-4-5-7-12(11)16/h4-7,19H,8-10H2,1-3H3. The van der Waals surface area contributed by atoms with E-state index in [1.807, 2.05) is 0 Å². The van der Waals surface area contributed by atoms with Gasteiger partial charge in [-0.25, -0.2) is 9.18 Å². The van der Waals surface area contributed by atoms with Gasteiger partial charge in [0.25, 0.3) is 0 Å². The van der Waals surface area contributed by atoms with Crippen molar-refractivity contribution in [2.45, 2.75) is 38.4 Å². The number of carbonyl (C=O) groups is 1. The summed E-state index contributed by atoms with van der Waals surface area (Å²) in [4.78, 5) is 13.4. The number of hydrogen-bond donors (Lipinski definition) is 1. The molecule has 1 saturated heterocycles. The van der Waals surface area contributed by atoms with Crippen LogP contribution in [0.5, 0.6) is 0 Å². The minimum Gasteiger partial charge on any atom is -0.444 e. The largest absolute Gasteiger partial charge is 0.444 e. The van der Waals surface area contributed by atoms with Crippen molar-refractivity contribution in [3.63, 3.8) is 0 Å². The highest BCUT2D eigenvalue weighted by Crippen LogP contribution is 2.34. The van der Waals surface area contributed by atoms with Gasteiger partial charge in [-0.1, -0.05) is 18.2 Å². The van der Waals surface area contributed by atoms with E-state index in [1.54, 1.807) is 39.0 Å². The summed E-state index contributed by atoms with van der Waals surface area (Å²) in [5.74, 6) is -0.457. The maximum atomic E-state index is 13.8. The van der Waals surface area contributed by atoms with E-state index in [0.717, 1.165) is 0 Å². The minimum absolute atomic E-state index is 0.0445. The second-order valence-electron chi connectivity index (χ2n) is 6.16. The molecule has 1 fully saturated rings. The van der Waals surface area contributed by atoms with Crippen LogP contribution in [0.25, 0.3) is 0 Å². The summed E-state index contributed by atoms with van der Waals surface area (Å²) in [5, 5.41) is 10.6. The Balaban J connectivity index is 2.12. The number of rotatable bonds is 1. The van der Waals surface area contributed by atoms with Crippen LogP contribution in [-0.2, 0) is 10.3 Å². The number of amides is 1. The number of aliphatic hydroxyl groups is 1. The highest BCUT2D eigenvalue weighted by atomic mass is 19.1. The first-order chi connectivity index (χ1) is 9.21. The van der Waals surface area contributed by atoms with E-state index in [4.69, 9.17) is 4.74 Å². The van der Waals surface area contributed by atoms with Gasteiger partial charge in [-0.05, 0) is 33.3 Å². The van der Waals surface area contributed by atoms with Crippen LogP contribution < -0.4 is 0 Å². The Bertz CT molecular complexity index is 512. The fourth-order valence-electron chi connectivity index (χ4n) is 2.33. The van der Waals surface area contributed by atoms with Gasteiger partial charge < -0.3 is 14.7 Å². The average molecular weight is 281 g/mol. The molecule has 2 rings (SSSR count). The van der Waals surface area contributed by atoms with Crippen LogP contribution in [0.4, 0.5) is 9.18 Å². The van der Waals surface area contributed by atoms with Crippen molar-refractivity contribution in [3.05, 3.63) is 35.6 Å². The minimum atomic E-state index is -1.34. The molecule has 1 aliphatic heterocycles. The van der Waals surface area contributed by atoms with Crippen molar-refractivity contribution in [1.82, 2.24) is 4.90 Å². The number of nitrogens with zero attached hydrogens (tertiary/aromatic N) is 1. The third-order valence-corrected chi connectivity index (χ3v) is 3.27. The summed E-state index contributed by atoms with van der Waals surface area (Å²) in [6.07, 6.45) is -0.183. The number of ether oxygens (including phenoxy) is 1. The van der Waals surface area contributed by atoms with Crippen molar-refractivity contribution in [3.8, 4) is 0 Å². The van der Waals surface area contributed by atoms with Gasteiger partial charge in [0.1, 0.15) is 17.0 Å². The Hall–Kier alpha value is -1.62. The van der Waals surface area contributed by atoms with Crippen LogP contribution >= 0.6 is 0 Å². The van der Waals surface area contributed by atoms with E-state index < -0.39 is 23.1 Å². The predicted molar refractivity (Wildman–Crippen MR) is 72.7 cm³/mol. The van der Waals surface area contributed by atoms with Crippen LogP contribution in [-0.4, -0.2) is 34.8 Å². The molecule has 1 amide bonds. The first kappa shape index (κ1) is 14.8. The number of hydrogen-bond acceptors (Lipinski definition) is 3. The molecule has 0 aliphatic carbocycles. The molecule has 1 atom stereocenters. The van der Waals surface area contributed by atoms with Gasteiger partial charge >= 0.3 is 6.09 Å². The Labute approximate surface area is 118 Å². The van der Waals surface area contributed by atoms with Gasteiger partial charge in [0.2, 0.25) is 0 Å². The number of carbonyl (C=O) groups excluding carboxylic acids is 1. The highest BCUT2D eigenvalue weighted by molar-refractivity contribution is 5.68. The van der Waals surface area contributed by atoms with Gasteiger partial charge in [0.15, 0.2) is 0 Å². The molecule has 110 valence electrons. The normalized spacial score (nSPS) is 22.9. The first-order valence-corrected chi connectivity index (χ1v) is 6.67. The number of benzene rings is 1. The van der Waals surface area contributed by atoms with Gasteiger partial charge in [-0.3, -0.25) is 0 Å². The van der Waals surface area contributed by atoms with Crippen LogP contribution in [0.15, 0.2) is 24.3 Å². The van der Waals surface area contributed by atoms with Gasteiger partial charge in [0, 0.05) is 12.1 Å². The molecule has 1 aromatic carbocycles. The van der Waals surface area contributed by atoms with Crippen molar-refractivity contribution in [2.24, 2.45) is 0 Å². The molecule has 4 nitrogen and oxygen atoms in total. The summed E-state index contributed by atoms with van der Waals surface area (Å²) in [6.45, 7) is 5.74. The predicted octanol–water partition coefficient (Wildman–Crippen LogP) is 2.65. The number of halogens is 1. The van der Waals surface area contributed by atoms with Crippen LogP contribution in [0, 0.1) is 5.82 Å². The monoisotopic (exact) mass is 281 g/mol. The molecule has 0 spiro atoms. The zero-order chi connectivity index (χ0) is 15.0. The molecule has 20 heavy (non-hydrogen) atoms. The third-order valence-electron chi connectivity index (χ3n) is 3.27. The van der Waals surface area contributed by atoms with Gasteiger partial charge in [-0.2, -0.15) is 0 Å². The Kier molecular flexibility index (Phi) is 3.73. The smallest absolute Gasteiger partial charge is 0.410 e. The Morgan fingerprint density at radius 3 is 2.65 bits per heavy atom. The van der Waals surface area contributed by atoms with E-state index in [1.165, 1.54) is 11.0 Å². The van der Waals surface area contributed by atoms with Crippen molar-refractivity contribution < 1.29 is 19.0 Å². The molecule has 1 aliphatic rings. The van der Waals surface area contributed by atoms with Crippen molar-refractivity contribution in [1.29, 1.82) is 0 Å². The van der Waals surface area contributed by atoms with Crippen LogP contribution in [0.1, 0.15) is 32.8 Å². The lowest BCUT2D eigenvalue weighted by Crippen LogP contribution is -2.38. The molecule has 1 N–H and O–H groups in total. The van der Waals surface area contributed by atoms with Gasteiger partial charge in [-0.15, -0.1) is 0 Å². The zero-order valence-corrected chi connectivity index (χ0v) is 12.0. The first-order valence-electron chi connectivity index (χ1n) is 6.67. The SMILES string of the molecule is CC(C)(C)OC(=O)N1CCC(O)(c2ccccc2F)C1. The zero-order valence-electron chi connectivity index (χ0n) is 12.0. The maximum absolute atomic E-state index is 13.8. The van der Waals surface area contributed by atoms with Crippen molar-refractivity contribution >= 4 is 6.09 Å². The maximum Gasteiger partial charge on any atom is 0.410 e. The van der Waals surface area contributed by atoms with E-state index in [-0.39, 0.29) is 12.1 Å². The van der Waals surface area contributed by atoms with Gasteiger partial charge in [0.05, 0.1) is 6.54 Å². The van der Waals surface area contributed by atoms with E-state index in [9.17, 15) is 14.3 Å². The Morgan fingerprint density at radius 1 is 1.40 bits per heavy atom. The molecule has 1 unspecified atom stereocenters. The van der Waals surface area contributed by atoms with E-state index >= 15 is 0 Å². The molecule has 5 heteroatoms. The quantitative estimate of drug-likeness (QED) is 0.861. The summed E-state index contributed by atoms with van der Waals surface area (Å²) in [6, 6.07) is 6.10. The lowest BCUT2D eigenvalue weighted by Gasteiger charge is -2.26. The molecule has 1 aromatic rings. The van der Waals surface area contributed by atoms with Crippen LogP contribution in [0.3, 0.4) is 0 Å². The van der Waals surface area contributed by atoms with E-state index in [0.29, 0.717) is 13.0 Å². The summed E-state index contributed by atoms with van der Waals surface area (Å²) >= 11 is 0. The topological polar surface area (TPSA) is 49.8 Å². The fourth-order valence-corrected chi connectivity index (χ4v) is 2.33. The van der Waals surface area contributed by atoms with Crippen molar-refractivity contribution in [2.75, 3.05) is 13.1 Å². The fraction of sp³-hybridized carbons (Fsp3) is 0.533. The molecule has 0 radical (unpaired) electrons. The molecule has 0 bridgehead atoms. The Morgan fingerprint density at radius 2 is 2.05 bits per heavy atom. The lowest BCUT2D eigenvalue weighted by atomic mass is 9.93. The third kappa shape index (κ3) is 3.10. The molecule has 1 heterocycles. The van der Waals surface area contributed by atoms with Crippen LogP contribution in [0.2, 0.25) is 0 Å². The summed E-state index contributed by atoms with van der Waals surface area (Å²) in [5.41, 5.74) is -1.70. The highest BCUT2D eigenvalue weighted by Gasteiger charge is 2.42. The average Bonchev–Trinajstić information content (AvgIpc) is 2.71.